The molecule has 0 aromatic carbocycles. The summed E-state index contributed by atoms with van der Waals surface area (Å²) >= 11 is 0. The van der Waals surface area contributed by atoms with E-state index >= 15 is 0 Å². The first kappa shape index (κ1) is 13.7. The maximum Gasteiger partial charge on any atom is 0.257 e. The molecule has 1 heterocycles. The summed E-state index contributed by atoms with van der Waals surface area (Å²) in [6.45, 7) is 5.95. The third-order valence-electron chi connectivity index (χ3n) is 5.29. The Kier molecular flexibility index (Phi) is 3.57. The lowest BCUT2D eigenvalue weighted by Gasteiger charge is -2.28. The molecule has 2 saturated carbocycles. The zero-order valence-corrected chi connectivity index (χ0v) is 12.6. The summed E-state index contributed by atoms with van der Waals surface area (Å²) < 4.78 is 5.15. The van der Waals surface area contributed by atoms with Crippen molar-refractivity contribution in [1.82, 2.24) is 10.5 Å². The van der Waals surface area contributed by atoms with Crippen LogP contribution < -0.4 is 5.32 Å². The van der Waals surface area contributed by atoms with Gasteiger partial charge in [0.15, 0.2) is 0 Å². The predicted molar refractivity (Wildman–Crippen MR) is 76.5 cm³/mol. The molecule has 0 aliphatic heterocycles. The summed E-state index contributed by atoms with van der Waals surface area (Å²) in [5, 5.41) is 7.15. The van der Waals surface area contributed by atoms with Crippen molar-refractivity contribution in [3.63, 3.8) is 0 Å². The maximum absolute atomic E-state index is 12.5. The average molecular weight is 276 g/mol. The Bertz CT molecular complexity index is 509. The summed E-state index contributed by atoms with van der Waals surface area (Å²) in [4.78, 5) is 12.5. The zero-order chi connectivity index (χ0) is 14.3. The van der Waals surface area contributed by atoms with E-state index in [2.05, 4.69) is 17.4 Å². The highest BCUT2D eigenvalue weighted by molar-refractivity contribution is 5.96. The minimum atomic E-state index is -0.0177. The van der Waals surface area contributed by atoms with Gasteiger partial charge in [0, 0.05) is 6.04 Å². The van der Waals surface area contributed by atoms with Gasteiger partial charge in [-0.05, 0) is 57.3 Å². The molecule has 4 heteroatoms. The van der Waals surface area contributed by atoms with E-state index in [1.165, 1.54) is 25.7 Å². The first-order valence-electron chi connectivity index (χ1n) is 7.86. The molecule has 4 nitrogen and oxygen atoms in total. The SMILES string of the molecule is CCc1noc(C)c1C(=O)N[C@@H](C)[C@H]1C[C@@H]2CC[C@@H]1C2. The quantitative estimate of drug-likeness (QED) is 0.919. The van der Waals surface area contributed by atoms with Gasteiger partial charge in [-0.3, -0.25) is 4.79 Å². The molecule has 20 heavy (non-hydrogen) atoms. The van der Waals surface area contributed by atoms with Crippen LogP contribution in [-0.4, -0.2) is 17.1 Å². The van der Waals surface area contributed by atoms with Gasteiger partial charge < -0.3 is 9.84 Å². The van der Waals surface area contributed by atoms with Crippen molar-refractivity contribution in [2.75, 3.05) is 0 Å². The van der Waals surface area contributed by atoms with Crippen LogP contribution >= 0.6 is 0 Å². The smallest absolute Gasteiger partial charge is 0.257 e. The molecular weight excluding hydrogens is 252 g/mol. The van der Waals surface area contributed by atoms with Crippen molar-refractivity contribution in [1.29, 1.82) is 0 Å². The number of aryl methyl sites for hydroxylation is 2. The first-order valence-corrected chi connectivity index (χ1v) is 7.86. The van der Waals surface area contributed by atoms with E-state index in [0.29, 0.717) is 17.2 Å². The zero-order valence-electron chi connectivity index (χ0n) is 12.6. The van der Waals surface area contributed by atoms with Crippen LogP contribution in [0.25, 0.3) is 0 Å². The van der Waals surface area contributed by atoms with Gasteiger partial charge in [0.1, 0.15) is 11.3 Å². The number of rotatable bonds is 4. The second-order valence-corrected chi connectivity index (χ2v) is 6.51. The molecule has 1 aromatic heterocycles. The highest BCUT2D eigenvalue weighted by atomic mass is 16.5. The summed E-state index contributed by atoms with van der Waals surface area (Å²) in [6.07, 6.45) is 6.13. The summed E-state index contributed by atoms with van der Waals surface area (Å²) in [6, 6.07) is 0.247. The number of fused-ring (bicyclic) bond motifs is 2. The predicted octanol–water partition coefficient (Wildman–Crippen LogP) is 3.10. The molecule has 3 rings (SSSR count). The van der Waals surface area contributed by atoms with Gasteiger partial charge in [-0.2, -0.15) is 0 Å². The van der Waals surface area contributed by atoms with Crippen LogP contribution in [0.5, 0.6) is 0 Å². The Morgan fingerprint density at radius 2 is 2.25 bits per heavy atom. The lowest BCUT2D eigenvalue weighted by molar-refractivity contribution is 0.0913. The van der Waals surface area contributed by atoms with Crippen LogP contribution in [-0.2, 0) is 6.42 Å². The van der Waals surface area contributed by atoms with E-state index in [-0.39, 0.29) is 11.9 Å². The van der Waals surface area contributed by atoms with Crippen molar-refractivity contribution in [2.24, 2.45) is 17.8 Å². The Morgan fingerprint density at radius 1 is 1.45 bits per heavy atom. The van der Waals surface area contributed by atoms with E-state index < -0.39 is 0 Å². The maximum atomic E-state index is 12.5. The molecule has 110 valence electrons. The van der Waals surface area contributed by atoms with Crippen LogP contribution in [0, 0.1) is 24.7 Å². The van der Waals surface area contributed by atoms with Gasteiger partial charge >= 0.3 is 0 Å². The molecule has 2 aliphatic rings. The Labute approximate surface area is 120 Å². The van der Waals surface area contributed by atoms with Crippen molar-refractivity contribution in [3.05, 3.63) is 17.0 Å². The van der Waals surface area contributed by atoms with E-state index in [1.54, 1.807) is 0 Å². The fourth-order valence-electron chi connectivity index (χ4n) is 4.24. The highest BCUT2D eigenvalue weighted by Crippen LogP contribution is 2.49. The molecule has 0 radical (unpaired) electrons. The molecule has 4 atom stereocenters. The van der Waals surface area contributed by atoms with Crippen molar-refractivity contribution < 1.29 is 9.32 Å². The molecule has 1 aromatic rings. The monoisotopic (exact) mass is 276 g/mol. The van der Waals surface area contributed by atoms with Crippen molar-refractivity contribution in [3.8, 4) is 0 Å². The number of hydrogen-bond acceptors (Lipinski definition) is 3. The topological polar surface area (TPSA) is 55.1 Å². The van der Waals surface area contributed by atoms with Crippen molar-refractivity contribution >= 4 is 5.91 Å². The van der Waals surface area contributed by atoms with Crippen LogP contribution in [0.2, 0.25) is 0 Å². The minimum absolute atomic E-state index is 0.0177. The third-order valence-corrected chi connectivity index (χ3v) is 5.29. The van der Waals surface area contributed by atoms with Crippen LogP contribution in [0.15, 0.2) is 4.52 Å². The molecule has 2 aliphatic carbocycles. The average Bonchev–Trinajstić information content (AvgIpc) is 3.12. The molecule has 2 bridgehead atoms. The fourth-order valence-corrected chi connectivity index (χ4v) is 4.24. The first-order chi connectivity index (χ1) is 9.60. The Morgan fingerprint density at radius 3 is 2.85 bits per heavy atom. The van der Waals surface area contributed by atoms with E-state index in [9.17, 15) is 4.79 Å². The van der Waals surface area contributed by atoms with Gasteiger partial charge in [0.2, 0.25) is 0 Å². The number of carbonyl (C=O) groups is 1. The van der Waals surface area contributed by atoms with Gasteiger partial charge in [0.25, 0.3) is 5.91 Å². The lowest BCUT2D eigenvalue weighted by atomic mass is 9.84. The third kappa shape index (κ3) is 2.25. The Hall–Kier alpha value is -1.32. The number of carbonyl (C=O) groups excluding carboxylic acids is 1. The fraction of sp³-hybridized carbons (Fsp3) is 0.750. The number of nitrogens with zero attached hydrogens (tertiary/aromatic N) is 1. The molecule has 0 saturated heterocycles. The second kappa shape index (κ2) is 5.23. The summed E-state index contributed by atoms with van der Waals surface area (Å²) in [5.41, 5.74) is 1.41. The second-order valence-electron chi connectivity index (χ2n) is 6.51. The van der Waals surface area contributed by atoms with Crippen LogP contribution in [0.1, 0.15) is 61.3 Å². The number of hydrogen-bond donors (Lipinski definition) is 1. The molecule has 1 amide bonds. The van der Waals surface area contributed by atoms with Gasteiger partial charge in [0.05, 0.1) is 5.69 Å². The van der Waals surface area contributed by atoms with Crippen LogP contribution in [0.3, 0.4) is 0 Å². The summed E-state index contributed by atoms with van der Waals surface area (Å²) in [5.74, 6) is 3.00. The minimum Gasteiger partial charge on any atom is -0.361 e. The largest absolute Gasteiger partial charge is 0.361 e. The number of nitrogens with one attached hydrogen (secondary N) is 1. The Balaban J connectivity index is 1.68. The van der Waals surface area contributed by atoms with E-state index in [1.807, 2.05) is 13.8 Å². The standard InChI is InChI=1S/C16H24N2O2/c1-4-14-15(10(3)20-18-14)16(19)17-9(2)13-8-11-5-6-12(13)7-11/h9,11-13H,4-8H2,1-3H3,(H,17,19)/t9-,11+,12+,13+/m0/s1. The number of amides is 1. The van der Waals surface area contributed by atoms with Gasteiger partial charge in [-0.25, -0.2) is 0 Å². The lowest BCUT2D eigenvalue weighted by Crippen LogP contribution is -2.40. The normalized spacial score (nSPS) is 29.6. The molecule has 0 spiro atoms. The van der Waals surface area contributed by atoms with Gasteiger partial charge in [-0.1, -0.05) is 18.5 Å². The molecule has 2 fully saturated rings. The summed E-state index contributed by atoms with van der Waals surface area (Å²) in [7, 11) is 0. The van der Waals surface area contributed by atoms with Crippen molar-refractivity contribution in [2.45, 2.75) is 58.9 Å². The molecule has 1 N–H and O–H groups in total. The van der Waals surface area contributed by atoms with Gasteiger partial charge in [-0.15, -0.1) is 0 Å². The van der Waals surface area contributed by atoms with E-state index in [0.717, 1.165) is 24.0 Å². The highest BCUT2D eigenvalue weighted by Gasteiger charge is 2.42. The molecular formula is C16H24N2O2. The molecule has 0 unspecified atom stereocenters. The van der Waals surface area contributed by atoms with E-state index in [4.69, 9.17) is 4.52 Å². The van der Waals surface area contributed by atoms with Crippen LogP contribution in [0.4, 0.5) is 0 Å². The number of aromatic nitrogens is 1.